The van der Waals surface area contributed by atoms with E-state index in [0.717, 1.165) is 4.47 Å². The van der Waals surface area contributed by atoms with Crippen LogP contribution < -0.4 is 5.14 Å². The second-order valence-corrected chi connectivity index (χ2v) is 6.05. The molecule has 3 aromatic rings. The highest BCUT2D eigenvalue weighted by Crippen LogP contribution is 2.36. The zero-order valence-corrected chi connectivity index (χ0v) is 14.7. The van der Waals surface area contributed by atoms with E-state index in [-0.39, 0.29) is 0 Å². The van der Waals surface area contributed by atoms with Gasteiger partial charge in [0.2, 0.25) is 0 Å². The summed E-state index contributed by atoms with van der Waals surface area (Å²) < 4.78 is 18.8. The molecule has 0 aliphatic heterocycles. The summed E-state index contributed by atoms with van der Waals surface area (Å²) >= 11 is 3.75. The van der Waals surface area contributed by atoms with Crippen LogP contribution in [-0.2, 0) is 10.9 Å². The van der Waals surface area contributed by atoms with Crippen LogP contribution in [0.4, 0.5) is 0 Å². The van der Waals surface area contributed by atoms with Crippen molar-refractivity contribution in [1.82, 2.24) is 0 Å². The summed E-state index contributed by atoms with van der Waals surface area (Å²) in [6.45, 7) is 0. The van der Waals surface area contributed by atoms with Gasteiger partial charge < -0.3 is 0 Å². The maximum Gasteiger partial charge on any atom is 0.198 e. The van der Waals surface area contributed by atoms with Gasteiger partial charge in [0, 0.05) is 4.47 Å². The molecule has 0 bridgehead atoms. The molecular formula is C18H16BrNO2S. The van der Waals surface area contributed by atoms with Crippen molar-refractivity contribution in [2.45, 2.75) is 0 Å². The fourth-order valence-corrected chi connectivity index (χ4v) is 2.94. The zero-order valence-electron chi connectivity index (χ0n) is 12.2. The predicted molar refractivity (Wildman–Crippen MR) is 99.5 cm³/mol. The lowest BCUT2D eigenvalue weighted by molar-refractivity contribution is 0.616. The van der Waals surface area contributed by atoms with Crippen LogP contribution in [0.1, 0.15) is 0 Å². The first-order valence-electron chi connectivity index (χ1n) is 6.88. The molecule has 0 aliphatic rings. The van der Waals surface area contributed by atoms with E-state index in [1.165, 1.54) is 22.3 Å². The minimum absolute atomic E-state index is 1.15. The van der Waals surface area contributed by atoms with Gasteiger partial charge in [0.05, 0.1) is 0 Å². The quantitative estimate of drug-likeness (QED) is 0.643. The highest BCUT2D eigenvalue weighted by Gasteiger charge is 2.08. The molecule has 0 saturated carbocycles. The zero-order chi connectivity index (χ0) is 16.7. The SMILES string of the molecule is Brc1c(-c2ccccc2)cccc1-c1ccccc1.N[SH](=O)=O. The van der Waals surface area contributed by atoms with Gasteiger partial charge in [0.1, 0.15) is 0 Å². The van der Waals surface area contributed by atoms with Crippen molar-refractivity contribution in [2.24, 2.45) is 5.14 Å². The second-order valence-electron chi connectivity index (χ2n) is 4.68. The van der Waals surface area contributed by atoms with Crippen molar-refractivity contribution >= 4 is 26.8 Å². The van der Waals surface area contributed by atoms with E-state index >= 15 is 0 Å². The minimum Gasteiger partial charge on any atom is -0.231 e. The van der Waals surface area contributed by atoms with Gasteiger partial charge in [0.25, 0.3) is 0 Å². The van der Waals surface area contributed by atoms with Crippen LogP contribution in [0.3, 0.4) is 0 Å². The Kier molecular flexibility index (Phi) is 6.52. The maximum atomic E-state index is 8.81. The molecule has 3 nitrogen and oxygen atoms in total. The van der Waals surface area contributed by atoms with E-state index in [1.54, 1.807) is 0 Å². The largest absolute Gasteiger partial charge is 0.231 e. The van der Waals surface area contributed by atoms with E-state index in [2.05, 4.69) is 87.8 Å². The molecule has 0 aromatic heterocycles. The Labute approximate surface area is 146 Å². The Morgan fingerprint density at radius 3 is 1.35 bits per heavy atom. The van der Waals surface area contributed by atoms with Crippen LogP contribution in [0.25, 0.3) is 22.3 Å². The first-order chi connectivity index (χ1) is 11.1. The number of halogens is 1. The Bertz CT molecular complexity index is 768. The van der Waals surface area contributed by atoms with E-state index in [9.17, 15) is 0 Å². The Hall–Kier alpha value is -1.95. The molecule has 0 spiro atoms. The smallest absolute Gasteiger partial charge is 0.198 e. The summed E-state index contributed by atoms with van der Waals surface area (Å²) in [5.41, 5.74) is 4.91. The molecule has 0 unspecified atom stereocenters. The summed E-state index contributed by atoms with van der Waals surface area (Å²) in [5, 5.41) is 4.06. The van der Waals surface area contributed by atoms with Crippen LogP contribution in [0.2, 0.25) is 0 Å². The lowest BCUT2D eigenvalue weighted by Gasteiger charge is -2.10. The molecule has 0 atom stereocenters. The molecule has 118 valence electrons. The fraction of sp³-hybridized carbons (Fsp3) is 0. The third-order valence-electron chi connectivity index (χ3n) is 3.17. The third-order valence-corrected chi connectivity index (χ3v) is 4.02. The van der Waals surface area contributed by atoms with Gasteiger partial charge in [0.15, 0.2) is 10.9 Å². The normalized spacial score (nSPS) is 10.0. The molecule has 0 saturated heterocycles. The maximum absolute atomic E-state index is 8.81. The van der Waals surface area contributed by atoms with Gasteiger partial charge in [-0.05, 0) is 38.2 Å². The Morgan fingerprint density at radius 2 is 1.00 bits per heavy atom. The van der Waals surface area contributed by atoms with E-state index < -0.39 is 10.9 Å². The molecule has 0 heterocycles. The first kappa shape index (κ1) is 17.4. The van der Waals surface area contributed by atoms with Gasteiger partial charge in [-0.15, -0.1) is 0 Å². The molecule has 5 heteroatoms. The standard InChI is InChI=1S/C18H13Br.H3NO2S/c19-18-16(14-8-3-1-4-9-14)12-7-13-17(18)15-10-5-2-6-11-15;1-4(2)3/h1-13H;4H,(H2,1,2,3). The summed E-state index contributed by atoms with van der Waals surface area (Å²) in [5.74, 6) is 0. The van der Waals surface area contributed by atoms with Crippen LogP contribution >= 0.6 is 15.9 Å². The van der Waals surface area contributed by atoms with Crippen molar-refractivity contribution < 1.29 is 8.42 Å². The molecule has 0 fully saturated rings. The lowest BCUT2D eigenvalue weighted by Crippen LogP contribution is -1.85. The van der Waals surface area contributed by atoms with Crippen LogP contribution in [0, 0.1) is 0 Å². The van der Waals surface area contributed by atoms with Crippen molar-refractivity contribution in [3.05, 3.63) is 83.3 Å². The third kappa shape index (κ3) is 5.03. The summed E-state index contributed by atoms with van der Waals surface area (Å²) in [7, 11) is -2.62. The number of rotatable bonds is 2. The molecule has 2 N–H and O–H groups in total. The highest BCUT2D eigenvalue weighted by atomic mass is 79.9. The first-order valence-corrected chi connectivity index (χ1v) is 8.92. The summed E-state index contributed by atoms with van der Waals surface area (Å²) in [4.78, 5) is 0. The number of hydrogen-bond donors (Lipinski definition) is 2. The molecule has 0 amide bonds. The van der Waals surface area contributed by atoms with Crippen molar-refractivity contribution in [3.63, 3.8) is 0 Å². The topological polar surface area (TPSA) is 60.2 Å². The number of thiol groups is 1. The van der Waals surface area contributed by atoms with Crippen molar-refractivity contribution in [2.75, 3.05) is 0 Å². The van der Waals surface area contributed by atoms with Crippen LogP contribution in [-0.4, -0.2) is 8.42 Å². The van der Waals surface area contributed by atoms with Crippen molar-refractivity contribution in [1.29, 1.82) is 0 Å². The number of hydrogen-bond acceptors (Lipinski definition) is 2. The number of nitrogens with two attached hydrogens (primary N) is 1. The fourth-order valence-electron chi connectivity index (χ4n) is 2.21. The highest BCUT2D eigenvalue weighted by molar-refractivity contribution is 9.10. The average molecular weight is 390 g/mol. The van der Waals surface area contributed by atoms with Gasteiger partial charge >= 0.3 is 0 Å². The van der Waals surface area contributed by atoms with Crippen molar-refractivity contribution in [3.8, 4) is 22.3 Å². The molecular weight excluding hydrogens is 374 g/mol. The Morgan fingerprint density at radius 1 is 0.652 bits per heavy atom. The lowest BCUT2D eigenvalue weighted by atomic mass is 9.99. The minimum atomic E-state index is -2.62. The monoisotopic (exact) mass is 389 g/mol. The van der Waals surface area contributed by atoms with Gasteiger partial charge in [-0.25, -0.2) is 13.6 Å². The molecule has 3 rings (SSSR count). The molecule has 23 heavy (non-hydrogen) atoms. The van der Waals surface area contributed by atoms with E-state index in [0.29, 0.717) is 0 Å². The molecule has 3 aromatic carbocycles. The second kappa shape index (κ2) is 8.62. The average Bonchev–Trinajstić information content (AvgIpc) is 2.56. The molecule has 0 radical (unpaired) electrons. The summed E-state index contributed by atoms with van der Waals surface area (Å²) in [6.07, 6.45) is 0. The van der Waals surface area contributed by atoms with Gasteiger partial charge in [-0.2, -0.15) is 0 Å². The molecule has 0 aliphatic carbocycles. The van der Waals surface area contributed by atoms with Crippen LogP contribution in [0.5, 0.6) is 0 Å². The van der Waals surface area contributed by atoms with Crippen LogP contribution in [0.15, 0.2) is 83.3 Å². The van der Waals surface area contributed by atoms with E-state index in [4.69, 9.17) is 8.42 Å². The van der Waals surface area contributed by atoms with Gasteiger partial charge in [-0.1, -0.05) is 78.9 Å². The van der Waals surface area contributed by atoms with Gasteiger partial charge in [-0.3, -0.25) is 0 Å². The number of benzene rings is 3. The Balaban J connectivity index is 0.000000433. The predicted octanol–water partition coefficient (Wildman–Crippen LogP) is 4.25. The van der Waals surface area contributed by atoms with E-state index in [1.807, 2.05) is 12.1 Å². The summed E-state index contributed by atoms with van der Waals surface area (Å²) in [6, 6.07) is 27.3.